The van der Waals surface area contributed by atoms with Gasteiger partial charge in [-0.2, -0.15) is 0 Å². The maximum absolute atomic E-state index is 12.1. The highest BCUT2D eigenvalue weighted by Crippen LogP contribution is 2.29. The van der Waals surface area contributed by atoms with Crippen molar-refractivity contribution < 1.29 is 18.3 Å². The van der Waals surface area contributed by atoms with E-state index < -0.39 is 16.0 Å². The van der Waals surface area contributed by atoms with Crippen LogP contribution in [0.1, 0.15) is 36.5 Å². The van der Waals surface area contributed by atoms with Crippen molar-refractivity contribution in [2.45, 2.75) is 31.1 Å². The third-order valence-corrected chi connectivity index (χ3v) is 4.82. The molecule has 20 heavy (non-hydrogen) atoms. The average molecular weight is 340 g/mol. The van der Waals surface area contributed by atoms with E-state index in [9.17, 15) is 13.2 Å². The second-order valence-electron chi connectivity index (χ2n) is 4.18. The summed E-state index contributed by atoms with van der Waals surface area (Å²) in [6.07, 6.45) is 2.55. The van der Waals surface area contributed by atoms with Crippen molar-refractivity contribution in [3.63, 3.8) is 0 Å². The van der Waals surface area contributed by atoms with E-state index in [2.05, 4.69) is 4.72 Å². The Kier molecular flexibility index (Phi) is 6.26. The monoisotopic (exact) mass is 339 g/mol. The van der Waals surface area contributed by atoms with Gasteiger partial charge >= 0.3 is 5.97 Å². The van der Waals surface area contributed by atoms with E-state index in [1.165, 1.54) is 0 Å². The predicted molar refractivity (Wildman–Crippen MR) is 78.1 cm³/mol. The lowest BCUT2D eigenvalue weighted by Gasteiger charge is -2.10. The summed E-state index contributed by atoms with van der Waals surface area (Å²) in [6, 6.07) is 2.25. The number of carboxylic acid groups (broad SMARTS) is 1. The van der Waals surface area contributed by atoms with Gasteiger partial charge in [0.2, 0.25) is 10.0 Å². The summed E-state index contributed by atoms with van der Waals surface area (Å²) in [6.45, 7) is 2.27. The SMILES string of the molecule is CCCCCNS(=O)(=O)c1cc(Cl)cc(C(=O)O)c1Cl. The van der Waals surface area contributed by atoms with Crippen molar-refractivity contribution in [1.82, 2.24) is 4.72 Å². The van der Waals surface area contributed by atoms with E-state index >= 15 is 0 Å². The minimum absolute atomic E-state index is 0.000679. The van der Waals surface area contributed by atoms with Crippen LogP contribution in [0.4, 0.5) is 0 Å². The number of aromatic carboxylic acids is 1. The van der Waals surface area contributed by atoms with Gasteiger partial charge in [-0.15, -0.1) is 0 Å². The molecule has 0 unspecified atom stereocenters. The molecule has 112 valence electrons. The van der Waals surface area contributed by atoms with Crippen LogP contribution in [-0.4, -0.2) is 26.0 Å². The minimum Gasteiger partial charge on any atom is -0.478 e. The third kappa shape index (κ3) is 4.34. The van der Waals surface area contributed by atoms with Crippen LogP contribution in [0.2, 0.25) is 10.0 Å². The molecule has 0 aromatic heterocycles. The fourth-order valence-corrected chi connectivity index (χ4v) is 3.55. The Hall–Kier alpha value is -0.820. The molecule has 0 atom stereocenters. The van der Waals surface area contributed by atoms with Gasteiger partial charge in [-0.25, -0.2) is 17.9 Å². The molecule has 0 spiro atoms. The van der Waals surface area contributed by atoms with Crippen molar-refractivity contribution in [1.29, 1.82) is 0 Å². The van der Waals surface area contributed by atoms with E-state index in [0.717, 1.165) is 25.0 Å². The molecule has 0 saturated heterocycles. The zero-order valence-corrected chi connectivity index (χ0v) is 13.1. The first kappa shape index (κ1) is 17.2. The lowest BCUT2D eigenvalue weighted by molar-refractivity contribution is 0.0697. The topological polar surface area (TPSA) is 83.5 Å². The van der Waals surface area contributed by atoms with Crippen LogP contribution in [0.15, 0.2) is 17.0 Å². The number of rotatable bonds is 7. The summed E-state index contributed by atoms with van der Waals surface area (Å²) in [5.74, 6) is -1.33. The Bertz CT molecular complexity index is 602. The summed E-state index contributed by atoms with van der Waals surface area (Å²) < 4.78 is 26.6. The van der Waals surface area contributed by atoms with Gasteiger partial charge in [0.25, 0.3) is 0 Å². The first-order valence-electron chi connectivity index (χ1n) is 6.01. The van der Waals surface area contributed by atoms with Crippen LogP contribution >= 0.6 is 23.2 Å². The first-order valence-corrected chi connectivity index (χ1v) is 8.25. The van der Waals surface area contributed by atoms with Crippen molar-refractivity contribution >= 4 is 39.2 Å². The molecule has 2 N–H and O–H groups in total. The van der Waals surface area contributed by atoms with Crippen LogP contribution in [0.3, 0.4) is 0 Å². The highest BCUT2D eigenvalue weighted by molar-refractivity contribution is 7.89. The molecule has 0 aliphatic rings. The molecule has 0 fully saturated rings. The Balaban J connectivity index is 3.09. The zero-order chi connectivity index (χ0) is 15.3. The maximum atomic E-state index is 12.1. The molecule has 0 heterocycles. The average Bonchev–Trinajstić information content (AvgIpc) is 2.36. The van der Waals surface area contributed by atoms with Gasteiger partial charge in [-0.1, -0.05) is 43.0 Å². The van der Waals surface area contributed by atoms with Crippen molar-refractivity contribution in [2.24, 2.45) is 0 Å². The van der Waals surface area contributed by atoms with Gasteiger partial charge in [0.05, 0.1) is 10.6 Å². The molecule has 0 saturated carbocycles. The quantitative estimate of drug-likeness (QED) is 0.747. The van der Waals surface area contributed by atoms with E-state index in [-0.39, 0.29) is 27.0 Å². The highest BCUT2D eigenvalue weighted by atomic mass is 35.5. The normalized spacial score (nSPS) is 11.6. The van der Waals surface area contributed by atoms with Gasteiger partial charge in [-0.3, -0.25) is 0 Å². The molecule has 8 heteroatoms. The number of hydrogen-bond acceptors (Lipinski definition) is 3. The number of carboxylic acids is 1. The molecule has 0 bridgehead atoms. The van der Waals surface area contributed by atoms with Crippen LogP contribution < -0.4 is 4.72 Å². The number of carbonyl (C=O) groups is 1. The molecule has 0 amide bonds. The third-order valence-electron chi connectivity index (χ3n) is 2.60. The van der Waals surface area contributed by atoms with Crippen LogP contribution in [0.25, 0.3) is 0 Å². The largest absolute Gasteiger partial charge is 0.478 e. The lowest BCUT2D eigenvalue weighted by atomic mass is 10.2. The summed E-state index contributed by atoms with van der Waals surface area (Å²) in [5, 5.41) is 8.63. The number of hydrogen-bond donors (Lipinski definition) is 2. The van der Waals surface area contributed by atoms with Crippen LogP contribution in [0.5, 0.6) is 0 Å². The smallest absolute Gasteiger partial charge is 0.337 e. The molecule has 1 aromatic rings. The zero-order valence-electron chi connectivity index (χ0n) is 10.8. The maximum Gasteiger partial charge on any atom is 0.337 e. The van der Waals surface area contributed by atoms with Gasteiger partial charge < -0.3 is 5.11 Å². The Labute approximate surface area is 127 Å². The Morgan fingerprint density at radius 1 is 1.30 bits per heavy atom. The van der Waals surface area contributed by atoms with E-state index in [1.807, 2.05) is 6.92 Å². The first-order chi connectivity index (χ1) is 9.29. The molecule has 0 aliphatic heterocycles. The second-order valence-corrected chi connectivity index (χ2v) is 6.73. The number of sulfonamides is 1. The van der Waals surface area contributed by atoms with Crippen molar-refractivity contribution in [2.75, 3.05) is 6.54 Å². The minimum atomic E-state index is -3.88. The molecule has 1 rings (SSSR count). The molecular weight excluding hydrogens is 325 g/mol. The highest BCUT2D eigenvalue weighted by Gasteiger charge is 2.23. The number of benzene rings is 1. The van der Waals surface area contributed by atoms with Crippen LogP contribution in [0, 0.1) is 0 Å². The number of halogens is 2. The summed E-state index contributed by atoms with van der Waals surface area (Å²) in [7, 11) is -3.88. The van der Waals surface area contributed by atoms with Gasteiger partial charge in [0.15, 0.2) is 0 Å². The predicted octanol–water partition coefficient (Wildman–Crippen LogP) is 3.16. The van der Waals surface area contributed by atoms with Crippen LogP contribution in [-0.2, 0) is 10.0 Å². The van der Waals surface area contributed by atoms with E-state index in [1.54, 1.807) is 0 Å². The molecular formula is C12H15Cl2NO4S. The molecule has 5 nitrogen and oxygen atoms in total. The fraction of sp³-hybridized carbons (Fsp3) is 0.417. The standard InChI is InChI=1S/C12H15Cl2NO4S/c1-2-3-4-5-15-20(18,19)10-7-8(13)6-9(11(10)14)12(16)17/h6-7,15H,2-5H2,1H3,(H,16,17). The van der Waals surface area contributed by atoms with Gasteiger partial charge in [0, 0.05) is 11.6 Å². The summed E-state index contributed by atoms with van der Waals surface area (Å²) in [5.41, 5.74) is -0.340. The summed E-state index contributed by atoms with van der Waals surface area (Å²) in [4.78, 5) is 10.7. The second kappa shape index (κ2) is 7.26. The van der Waals surface area contributed by atoms with Crippen molar-refractivity contribution in [3.05, 3.63) is 27.7 Å². The molecule has 0 radical (unpaired) electrons. The lowest BCUT2D eigenvalue weighted by Crippen LogP contribution is -2.25. The molecule has 0 aliphatic carbocycles. The number of unbranched alkanes of at least 4 members (excludes halogenated alkanes) is 2. The van der Waals surface area contributed by atoms with Crippen molar-refractivity contribution in [3.8, 4) is 0 Å². The Morgan fingerprint density at radius 3 is 2.50 bits per heavy atom. The number of nitrogens with one attached hydrogen (secondary N) is 1. The van der Waals surface area contributed by atoms with Gasteiger partial charge in [-0.05, 0) is 18.6 Å². The van der Waals surface area contributed by atoms with E-state index in [4.69, 9.17) is 28.3 Å². The van der Waals surface area contributed by atoms with E-state index in [0.29, 0.717) is 6.42 Å². The molecule has 1 aromatic carbocycles. The fourth-order valence-electron chi connectivity index (χ4n) is 1.57. The summed E-state index contributed by atoms with van der Waals surface area (Å²) >= 11 is 11.6. The Morgan fingerprint density at radius 2 is 1.95 bits per heavy atom. The van der Waals surface area contributed by atoms with Gasteiger partial charge in [0.1, 0.15) is 4.90 Å².